The highest BCUT2D eigenvalue weighted by molar-refractivity contribution is 5.96. The van der Waals surface area contributed by atoms with Crippen molar-refractivity contribution in [1.29, 1.82) is 0 Å². The molecule has 1 aliphatic rings. The van der Waals surface area contributed by atoms with E-state index >= 15 is 0 Å². The van der Waals surface area contributed by atoms with Crippen LogP contribution in [0.5, 0.6) is 0 Å². The average Bonchev–Trinajstić information content (AvgIpc) is 3.26. The Bertz CT molecular complexity index is 1000. The Morgan fingerprint density at radius 3 is 2.52 bits per heavy atom. The number of Topliss-reactive ketones (excluding diaryl/α,β-unsaturated/α-hetero) is 1. The number of rotatable bonds is 6. The van der Waals surface area contributed by atoms with Crippen molar-refractivity contribution in [2.24, 2.45) is 5.92 Å². The van der Waals surface area contributed by atoms with Crippen LogP contribution in [0.4, 0.5) is 8.78 Å². The molecule has 0 bridgehead atoms. The number of carbonyl (C=O) groups is 1. The summed E-state index contributed by atoms with van der Waals surface area (Å²) in [7, 11) is 0. The zero-order chi connectivity index (χ0) is 19.7. The zero-order valence-electron chi connectivity index (χ0n) is 16.4. The molecule has 1 saturated heterocycles. The van der Waals surface area contributed by atoms with Gasteiger partial charge in [0, 0.05) is 36.2 Å². The largest absolute Gasteiger partial charge is 0.312 e. The van der Waals surface area contributed by atoms with E-state index in [-0.39, 0.29) is 35.7 Å². The van der Waals surface area contributed by atoms with Crippen LogP contribution in [0.2, 0.25) is 0 Å². The van der Waals surface area contributed by atoms with Gasteiger partial charge < -0.3 is 5.01 Å². The minimum atomic E-state index is -0.331. The highest BCUT2D eigenvalue weighted by atomic mass is 35.5. The summed E-state index contributed by atoms with van der Waals surface area (Å²) in [5, 5.41) is 3.18. The van der Waals surface area contributed by atoms with E-state index in [1.165, 1.54) is 23.9 Å². The van der Waals surface area contributed by atoms with Crippen LogP contribution in [0.3, 0.4) is 0 Å². The van der Waals surface area contributed by atoms with Gasteiger partial charge in [0.05, 0.1) is 5.52 Å². The lowest BCUT2D eigenvalue weighted by Gasteiger charge is -2.24. The molecule has 0 amide bonds. The second-order valence-corrected chi connectivity index (χ2v) is 7.60. The third-order valence-electron chi connectivity index (χ3n) is 5.51. The van der Waals surface area contributed by atoms with Gasteiger partial charge in [0.2, 0.25) is 0 Å². The monoisotopic (exact) mass is 418 g/mol. The van der Waals surface area contributed by atoms with Crippen LogP contribution in [0.15, 0.2) is 48.5 Å². The Morgan fingerprint density at radius 2 is 1.79 bits per heavy atom. The predicted octanol–water partition coefficient (Wildman–Crippen LogP) is 5.52. The van der Waals surface area contributed by atoms with E-state index in [0.717, 1.165) is 43.3 Å². The van der Waals surface area contributed by atoms with Crippen LogP contribution in [0, 0.1) is 17.6 Å². The third kappa shape index (κ3) is 4.45. The van der Waals surface area contributed by atoms with Gasteiger partial charge in [-0.1, -0.05) is 13.3 Å². The molecule has 1 aliphatic heterocycles. The summed E-state index contributed by atoms with van der Waals surface area (Å²) < 4.78 is 28.9. The quantitative estimate of drug-likeness (QED) is 0.492. The fourth-order valence-corrected chi connectivity index (χ4v) is 4.17. The second kappa shape index (κ2) is 8.95. The number of carbonyl (C=O) groups excluding carboxylic acids is 1. The van der Waals surface area contributed by atoms with Gasteiger partial charge in [-0.2, -0.15) is 0 Å². The molecule has 0 aliphatic carbocycles. The Hall–Kier alpha value is -2.40. The lowest BCUT2D eigenvalue weighted by Crippen LogP contribution is -2.33. The fraction of sp³-hybridized carbons (Fsp3) is 0.348. The number of nitrogens with zero attached hydrogens (tertiary/aromatic N) is 2. The van der Waals surface area contributed by atoms with E-state index in [1.54, 1.807) is 18.2 Å². The Morgan fingerprint density at radius 1 is 1.07 bits per heavy atom. The van der Waals surface area contributed by atoms with Crippen LogP contribution in [0.1, 0.15) is 42.2 Å². The summed E-state index contributed by atoms with van der Waals surface area (Å²) in [6, 6.07) is 12.7. The first kappa shape index (κ1) is 21.3. The number of benzene rings is 2. The molecule has 3 nitrogen and oxygen atoms in total. The maximum atomic E-state index is 13.6. The first-order chi connectivity index (χ1) is 13.5. The summed E-state index contributed by atoms with van der Waals surface area (Å²) in [6.45, 7) is 3.78. The van der Waals surface area contributed by atoms with Gasteiger partial charge >= 0.3 is 0 Å². The summed E-state index contributed by atoms with van der Waals surface area (Å²) >= 11 is 0. The van der Waals surface area contributed by atoms with E-state index in [2.05, 4.69) is 22.7 Å². The Kier molecular flexibility index (Phi) is 6.58. The average molecular weight is 419 g/mol. The van der Waals surface area contributed by atoms with E-state index in [0.29, 0.717) is 12.0 Å². The number of halogens is 3. The minimum Gasteiger partial charge on any atom is -0.312 e. The molecule has 1 unspecified atom stereocenters. The summed E-state index contributed by atoms with van der Waals surface area (Å²) in [4.78, 5) is 12.5. The van der Waals surface area contributed by atoms with Crippen molar-refractivity contribution < 1.29 is 13.6 Å². The molecule has 2 heterocycles. The standard InChI is InChI=1S/C23H24F2N2O.ClH/c1-2-3-21-14-18-13-20(25)8-9-22(18)27(21)26-11-10-16(15-26)12-23(28)17-4-6-19(24)7-5-17;/h4-9,13-14,16H,2-3,10-12,15H2,1H3;1H. The van der Waals surface area contributed by atoms with Crippen LogP contribution < -0.4 is 5.01 Å². The molecule has 0 radical (unpaired) electrons. The van der Waals surface area contributed by atoms with Crippen molar-refractivity contribution in [3.05, 3.63) is 71.4 Å². The molecular weight excluding hydrogens is 394 g/mol. The molecule has 0 spiro atoms. The van der Waals surface area contributed by atoms with Gasteiger partial charge in [0.15, 0.2) is 5.78 Å². The SMILES string of the molecule is CCCc1cc2cc(F)ccc2n1N1CCC(CC(=O)c2ccc(F)cc2)C1.Cl. The van der Waals surface area contributed by atoms with Crippen LogP contribution in [-0.2, 0) is 6.42 Å². The maximum absolute atomic E-state index is 13.6. The molecule has 6 heteroatoms. The molecule has 1 atom stereocenters. The van der Waals surface area contributed by atoms with Crippen molar-refractivity contribution in [2.45, 2.75) is 32.6 Å². The van der Waals surface area contributed by atoms with Gasteiger partial charge in [-0.05, 0) is 67.3 Å². The maximum Gasteiger partial charge on any atom is 0.163 e. The second-order valence-electron chi connectivity index (χ2n) is 7.60. The first-order valence-corrected chi connectivity index (χ1v) is 9.89. The molecule has 29 heavy (non-hydrogen) atoms. The van der Waals surface area contributed by atoms with Gasteiger partial charge in [0.25, 0.3) is 0 Å². The first-order valence-electron chi connectivity index (χ1n) is 9.89. The highest BCUT2D eigenvalue weighted by Gasteiger charge is 2.27. The molecule has 154 valence electrons. The summed E-state index contributed by atoms with van der Waals surface area (Å²) in [6.07, 6.45) is 3.32. The van der Waals surface area contributed by atoms with Gasteiger partial charge in [-0.3, -0.25) is 9.47 Å². The predicted molar refractivity (Wildman–Crippen MR) is 115 cm³/mol. The van der Waals surface area contributed by atoms with E-state index in [1.807, 2.05) is 6.07 Å². The topological polar surface area (TPSA) is 25.2 Å². The van der Waals surface area contributed by atoms with Crippen molar-refractivity contribution in [2.75, 3.05) is 18.1 Å². The van der Waals surface area contributed by atoms with Crippen molar-refractivity contribution in [3.63, 3.8) is 0 Å². The normalized spacial score (nSPS) is 16.2. The Labute approximate surface area is 175 Å². The summed E-state index contributed by atoms with van der Waals surface area (Å²) in [5.74, 6) is -0.246. The number of aryl methyl sites for hydroxylation is 1. The van der Waals surface area contributed by atoms with Crippen LogP contribution in [-0.4, -0.2) is 23.5 Å². The molecular formula is C23H25ClF2N2O. The lowest BCUT2D eigenvalue weighted by molar-refractivity contribution is 0.0964. The van der Waals surface area contributed by atoms with Gasteiger partial charge in [0.1, 0.15) is 11.6 Å². The molecule has 1 fully saturated rings. The number of hydrogen-bond acceptors (Lipinski definition) is 2. The number of ketones is 1. The third-order valence-corrected chi connectivity index (χ3v) is 5.51. The molecule has 2 aromatic carbocycles. The minimum absolute atomic E-state index is 0. The van der Waals surface area contributed by atoms with Crippen molar-refractivity contribution in [3.8, 4) is 0 Å². The molecule has 0 saturated carbocycles. The molecule has 0 N–H and O–H groups in total. The van der Waals surface area contributed by atoms with Gasteiger partial charge in [-0.25, -0.2) is 8.78 Å². The summed E-state index contributed by atoms with van der Waals surface area (Å²) in [5.41, 5.74) is 2.75. The Balaban J connectivity index is 0.00000240. The van der Waals surface area contributed by atoms with E-state index in [9.17, 15) is 13.6 Å². The number of hydrogen-bond donors (Lipinski definition) is 0. The van der Waals surface area contributed by atoms with E-state index < -0.39 is 0 Å². The fourth-order valence-electron chi connectivity index (χ4n) is 4.17. The molecule has 3 aromatic rings. The van der Waals surface area contributed by atoms with Crippen LogP contribution >= 0.6 is 12.4 Å². The molecule has 4 rings (SSSR count). The van der Waals surface area contributed by atoms with Crippen molar-refractivity contribution in [1.82, 2.24) is 4.68 Å². The lowest BCUT2D eigenvalue weighted by atomic mass is 9.98. The zero-order valence-corrected chi connectivity index (χ0v) is 17.2. The van der Waals surface area contributed by atoms with Crippen LogP contribution in [0.25, 0.3) is 10.9 Å². The number of aromatic nitrogens is 1. The van der Waals surface area contributed by atoms with Crippen molar-refractivity contribution >= 4 is 29.1 Å². The van der Waals surface area contributed by atoms with Gasteiger partial charge in [-0.15, -0.1) is 12.4 Å². The molecule has 1 aromatic heterocycles. The highest BCUT2D eigenvalue weighted by Crippen LogP contribution is 2.27. The number of fused-ring (bicyclic) bond motifs is 1. The van der Waals surface area contributed by atoms with E-state index in [4.69, 9.17) is 0 Å². The smallest absolute Gasteiger partial charge is 0.163 e.